The molecule has 1 saturated heterocycles. The van der Waals surface area contributed by atoms with Gasteiger partial charge in [-0.1, -0.05) is 26.8 Å². The fourth-order valence-electron chi connectivity index (χ4n) is 2.56. The summed E-state index contributed by atoms with van der Waals surface area (Å²) in [5.41, 5.74) is 0.566. The van der Waals surface area contributed by atoms with Crippen LogP contribution < -0.4 is 0 Å². The molecule has 1 fully saturated rings. The van der Waals surface area contributed by atoms with E-state index in [2.05, 4.69) is 16.0 Å². The quantitative estimate of drug-likeness (QED) is 0.832. The first-order valence-corrected chi connectivity index (χ1v) is 7.26. The van der Waals surface area contributed by atoms with E-state index in [-0.39, 0.29) is 17.4 Å². The molecule has 5 nitrogen and oxygen atoms in total. The van der Waals surface area contributed by atoms with E-state index in [1.807, 2.05) is 37.8 Å². The number of carbonyl (C=O) groups is 1. The van der Waals surface area contributed by atoms with Gasteiger partial charge < -0.3 is 4.90 Å². The molecule has 1 aliphatic rings. The summed E-state index contributed by atoms with van der Waals surface area (Å²) in [5.74, 6) is 0.178. The van der Waals surface area contributed by atoms with Gasteiger partial charge in [-0.2, -0.15) is 5.26 Å². The maximum absolute atomic E-state index is 12.3. The van der Waals surface area contributed by atoms with Crippen LogP contribution in [0.3, 0.4) is 0 Å². The lowest BCUT2D eigenvalue weighted by molar-refractivity contribution is -0.141. The molecule has 0 N–H and O–H groups in total. The third kappa shape index (κ3) is 3.59. The Morgan fingerprint density at radius 3 is 2.48 bits per heavy atom. The second-order valence-corrected chi connectivity index (χ2v) is 6.40. The molecule has 1 atom stereocenters. The van der Waals surface area contributed by atoms with Crippen LogP contribution in [0.2, 0.25) is 0 Å². The monoisotopic (exact) mass is 286 g/mol. The van der Waals surface area contributed by atoms with Crippen molar-refractivity contribution in [2.45, 2.75) is 26.8 Å². The fourth-order valence-corrected chi connectivity index (χ4v) is 2.56. The smallest absolute Gasteiger partial charge is 0.228 e. The summed E-state index contributed by atoms with van der Waals surface area (Å²) in [7, 11) is 0. The summed E-state index contributed by atoms with van der Waals surface area (Å²) in [6.45, 7) is 8.60. The minimum atomic E-state index is -0.347. The molecular weight excluding hydrogens is 264 g/mol. The second-order valence-electron chi connectivity index (χ2n) is 6.40. The maximum Gasteiger partial charge on any atom is 0.228 e. The van der Waals surface area contributed by atoms with Gasteiger partial charge in [0.1, 0.15) is 6.04 Å². The van der Waals surface area contributed by atoms with Crippen LogP contribution in [0.25, 0.3) is 0 Å². The number of piperazine rings is 1. The standard InChI is InChI=1S/C16H22N4O/c1-16(2,3)15(21)20-9-7-19(8-10-20)14(11-17)13-5-4-6-18-12-13/h4-6,12,14H,7-10H2,1-3H3/t14-/m1/s1. The van der Waals surface area contributed by atoms with Crippen LogP contribution in [0.4, 0.5) is 0 Å². The Kier molecular flexibility index (Phi) is 4.59. The third-order valence-electron chi connectivity index (χ3n) is 3.73. The Balaban J connectivity index is 2.01. The van der Waals surface area contributed by atoms with E-state index in [0.717, 1.165) is 18.7 Å². The first-order valence-electron chi connectivity index (χ1n) is 7.26. The number of amides is 1. The van der Waals surface area contributed by atoms with Crippen molar-refractivity contribution in [2.75, 3.05) is 26.2 Å². The Bertz CT molecular complexity index is 521. The van der Waals surface area contributed by atoms with Crippen molar-refractivity contribution in [3.63, 3.8) is 0 Å². The van der Waals surface area contributed by atoms with Crippen molar-refractivity contribution >= 4 is 5.91 Å². The fraction of sp³-hybridized carbons (Fsp3) is 0.562. The molecule has 1 aromatic heterocycles. The number of hydrogen-bond donors (Lipinski definition) is 0. The van der Waals surface area contributed by atoms with E-state index in [0.29, 0.717) is 13.1 Å². The van der Waals surface area contributed by atoms with E-state index >= 15 is 0 Å². The summed E-state index contributed by atoms with van der Waals surface area (Å²) in [5, 5.41) is 9.44. The third-order valence-corrected chi connectivity index (χ3v) is 3.73. The van der Waals surface area contributed by atoms with Crippen LogP contribution in [0, 0.1) is 16.7 Å². The lowest BCUT2D eigenvalue weighted by Crippen LogP contribution is -2.52. The number of aromatic nitrogens is 1. The summed E-state index contributed by atoms with van der Waals surface area (Å²) < 4.78 is 0. The molecule has 0 aliphatic carbocycles. The molecule has 2 heterocycles. The van der Waals surface area contributed by atoms with Crippen molar-refractivity contribution in [1.29, 1.82) is 5.26 Å². The molecule has 0 aromatic carbocycles. The zero-order valence-electron chi connectivity index (χ0n) is 12.9. The Labute approximate surface area is 126 Å². The average Bonchev–Trinajstić information content (AvgIpc) is 2.48. The van der Waals surface area contributed by atoms with Gasteiger partial charge in [-0.25, -0.2) is 0 Å². The van der Waals surface area contributed by atoms with Gasteiger partial charge in [-0.3, -0.25) is 14.7 Å². The number of nitrogens with zero attached hydrogens (tertiary/aromatic N) is 4. The molecule has 0 unspecified atom stereocenters. The number of rotatable bonds is 2. The highest BCUT2D eigenvalue weighted by Crippen LogP contribution is 2.23. The first kappa shape index (κ1) is 15.5. The van der Waals surface area contributed by atoms with Crippen LogP contribution in [-0.4, -0.2) is 46.9 Å². The van der Waals surface area contributed by atoms with E-state index in [1.54, 1.807) is 12.4 Å². The second kappa shape index (κ2) is 6.23. The zero-order valence-corrected chi connectivity index (χ0v) is 12.9. The first-order chi connectivity index (χ1) is 9.93. The SMILES string of the molecule is CC(C)(C)C(=O)N1CCN([C@H](C#N)c2cccnc2)CC1. The molecule has 1 aliphatic heterocycles. The highest BCUT2D eigenvalue weighted by Gasteiger charge is 2.31. The normalized spacial score (nSPS) is 18.1. The van der Waals surface area contributed by atoms with Crippen LogP contribution in [0.15, 0.2) is 24.5 Å². The van der Waals surface area contributed by atoms with Crippen molar-refractivity contribution < 1.29 is 4.79 Å². The van der Waals surface area contributed by atoms with Crippen LogP contribution in [-0.2, 0) is 4.79 Å². The van der Waals surface area contributed by atoms with Gasteiger partial charge in [0.25, 0.3) is 0 Å². The zero-order chi connectivity index (χ0) is 15.5. The molecule has 1 aromatic rings. The maximum atomic E-state index is 12.3. The number of carbonyl (C=O) groups excluding carboxylic acids is 1. The predicted octanol–water partition coefficient (Wildman–Crippen LogP) is 1.84. The predicted molar refractivity (Wildman–Crippen MR) is 80.2 cm³/mol. The molecular formula is C16H22N4O. The van der Waals surface area contributed by atoms with Crippen LogP contribution >= 0.6 is 0 Å². The summed E-state index contributed by atoms with van der Waals surface area (Å²) >= 11 is 0. The van der Waals surface area contributed by atoms with Crippen molar-refractivity contribution in [1.82, 2.24) is 14.8 Å². The van der Waals surface area contributed by atoms with Gasteiger partial charge in [0.2, 0.25) is 5.91 Å². The van der Waals surface area contributed by atoms with Crippen molar-refractivity contribution in [3.05, 3.63) is 30.1 Å². The van der Waals surface area contributed by atoms with Gasteiger partial charge in [0, 0.05) is 49.6 Å². The molecule has 0 bridgehead atoms. The van der Waals surface area contributed by atoms with Crippen LogP contribution in [0.5, 0.6) is 0 Å². The van der Waals surface area contributed by atoms with Gasteiger partial charge in [0.15, 0.2) is 0 Å². The molecule has 5 heteroatoms. The van der Waals surface area contributed by atoms with Crippen molar-refractivity contribution in [2.24, 2.45) is 5.41 Å². The molecule has 2 rings (SSSR count). The average molecular weight is 286 g/mol. The molecule has 1 amide bonds. The van der Waals surface area contributed by atoms with E-state index in [4.69, 9.17) is 0 Å². The number of pyridine rings is 1. The van der Waals surface area contributed by atoms with Gasteiger partial charge in [-0.15, -0.1) is 0 Å². The topological polar surface area (TPSA) is 60.2 Å². The Hall–Kier alpha value is -1.93. The minimum Gasteiger partial charge on any atom is -0.340 e. The van der Waals surface area contributed by atoms with Crippen molar-refractivity contribution in [3.8, 4) is 6.07 Å². The van der Waals surface area contributed by atoms with Gasteiger partial charge in [0.05, 0.1) is 6.07 Å². The van der Waals surface area contributed by atoms with E-state index < -0.39 is 0 Å². The molecule has 112 valence electrons. The largest absolute Gasteiger partial charge is 0.340 e. The lowest BCUT2D eigenvalue weighted by Gasteiger charge is -2.39. The van der Waals surface area contributed by atoms with Gasteiger partial charge >= 0.3 is 0 Å². The molecule has 0 radical (unpaired) electrons. The Morgan fingerprint density at radius 2 is 2.00 bits per heavy atom. The number of nitriles is 1. The number of hydrogen-bond acceptors (Lipinski definition) is 4. The van der Waals surface area contributed by atoms with Gasteiger partial charge in [-0.05, 0) is 6.07 Å². The molecule has 0 spiro atoms. The molecule has 0 saturated carbocycles. The molecule has 21 heavy (non-hydrogen) atoms. The minimum absolute atomic E-state index is 0.178. The highest BCUT2D eigenvalue weighted by molar-refractivity contribution is 5.81. The summed E-state index contributed by atoms with van der Waals surface area (Å²) in [4.78, 5) is 20.4. The highest BCUT2D eigenvalue weighted by atomic mass is 16.2. The summed E-state index contributed by atoms with van der Waals surface area (Å²) in [6.07, 6.45) is 3.44. The van der Waals surface area contributed by atoms with E-state index in [1.165, 1.54) is 0 Å². The van der Waals surface area contributed by atoms with Crippen LogP contribution in [0.1, 0.15) is 32.4 Å². The summed E-state index contributed by atoms with van der Waals surface area (Å²) in [6, 6.07) is 5.83. The van der Waals surface area contributed by atoms with E-state index in [9.17, 15) is 10.1 Å². The lowest BCUT2D eigenvalue weighted by atomic mass is 9.94. The Morgan fingerprint density at radius 1 is 1.33 bits per heavy atom.